The number of ether oxygens (including phenoxy) is 1. The molecule has 0 aliphatic carbocycles. The van der Waals surface area contributed by atoms with Crippen molar-refractivity contribution in [2.45, 2.75) is 19.8 Å². The van der Waals surface area contributed by atoms with Crippen molar-refractivity contribution >= 4 is 5.97 Å². The van der Waals surface area contributed by atoms with Crippen LogP contribution < -0.4 is 0 Å². The molecule has 0 heterocycles. The molecule has 0 aromatic heterocycles. The van der Waals surface area contributed by atoms with Gasteiger partial charge in [-0.3, -0.25) is 0 Å². The van der Waals surface area contributed by atoms with Gasteiger partial charge >= 0.3 is 5.97 Å². The molecule has 0 fully saturated rings. The van der Waals surface area contributed by atoms with Crippen LogP contribution in [0, 0.1) is 30.1 Å². The number of methoxy groups -OCH3 is 1. The van der Waals surface area contributed by atoms with Gasteiger partial charge < -0.3 is 4.74 Å². The van der Waals surface area contributed by atoms with Gasteiger partial charge in [0.2, 0.25) is 0 Å². The summed E-state index contributed by atoms with van der Waals surface area (Å²) in [6, 6.07) is 0. The molecule has 0 rings (SSSR count). The van der Waals surface area contributed by atoms with E-state index in [0.29, 0.717) is 6.42 Å². The number of esters is 1. The molecule has 0 aliphatic rings. The van der Waals surface area contributed by atoms with Crippen LogP contribution in [0.2, 0.25) is 0 Å². The summed E-state index contributed by atoms with van der Waals surface area (Å²) in [7, 11) is 1.28. The number of terminal acetylenes is 2. The zero-order valence-electron chi connectivity index (χ0n) is 7.39. The van der Waals surface area contributed by atoms with Crippen molar-refractivity contribution in [2.24, 2.45) is 5.41 Å². The third-order valence-electron chi connectivity index (χ3n) is 1.65. The van der Waals surface area contributed by atoms with Gasteiger partial charge in [-0.2, -0.15) is 0 Å². The molecule has 0 saturated carbocycles. The quantitative estimate of drug-likeness (QED) is 0.463. The van der Waals surface area contributed by atoms with Gasteiger partial charge in [0.15, 0.2) is 5.41 Å². The molecule has 0 aromatic carbocycles. The molecule has 0 aromatic rings. The van der Waals surface area contributed by atoms with Gasteiger partial charge in [-0.25, -0.2) is 4.79 Å². The topological polar surface area (TPSA) is 26.3 Å². The smallest absolute Gasteiger partial charge is 0.336 e. The molecule has 0 N–H and O–H groups in total. The molecule has 0 bridgehead atoms. The lowest BCUT2D eigenvalue weighted by Gasteiger charge is -2.17. The molecule has 12 heavy (non-hydrogen) atoms. The highest BCUT2D eigenvalue weighted by Gasteiger charge is 2.34. The van der Waals surface area contributed by atoms with E-state index >= 15 is 0 Å². The maximum atomic E-state index is 11.2. The van der Waals surface area contributed by atoms with E-state index in [2.05, 4.69) is 16.6 Å². The molecule has 0 unspecified atom stereocenters. The van der Waals surface area contributed by atoms with E-state index in [1.165, 1.54) is 7.11 Å². The maximum Gasteiger partial charge on any atom is 0.336 e. The SMILES string of the molecule is C#CC(C#C)(CCC)C(=O)OC. The summed E-state index contributed by atoms with van der Waals surface area (Å²) in [4.78, 5) is 11.2. The lowest BCUT2D eigenvalue weighted by atomic mass is 9.85. The Labute approximate surface area is 73.3 Å². The second-order valence-corrected chi connectivity index (χ2v) is 2.44. The Balaban J connectivity index is 4.76. The summed E-state index contributed by atoms with van der Waals surface area (Å²) in [6.45, 7) is 1.91. The molecular weight excluding hydrogens is 152 g/mol. The van der Waals surface area contributed by atoms with E-state index in [4.69, 9.17) is 12.8 Å². The van der Waals surface area contributed by atoms with Gasteiger partial charge in [0.05, 0.1) is 7.11 Å². The average molecular weight is 164 g/mol. The van der Waals surface area contributed by atoms with E-state index in [-0.39, 0.29) is 0 Å². The number of hydrogen-bond acceptors (Lipinski definition) is 2. The van der Waals surface area contributed by atoms with E-state index in [0.717, 1.165) is 6.42 Å². The van der Waals surface area contributed by atoms with E-state index < -0.39 is 11.4 Å². The minimum atomic E-state index is -1.16. The van der Waals surface area contributed by atoms with Crippen LogP contribution in [0.25, 0.3) is 0 Å². The van der Waals surface area contributed by atoms with E-state index in [1.54, 1.807) is 0 Å². The molecular formula is C10H12O2. The van der Waals surface area contributed by atoms with Crippen LogP contribution in [-0.4, -0.2) is 13.1 Å². The predicted molar refractivity (Wildman–Crippen MR) is 47.0 cm³/mol. The highest BCUT2D eigenvalue weighted by atomic mass is 16.5. The van der Waals surface area contributed by atoms with Gasteiger partial charge in [-0.1, -0.05) is 25.2 Å². The zero-order chi connectivity index (χ0) is 9.61. The molecule has 2 heteroatoms. The largest absolute Gasteiger partial charge is 0.467 e. The molecule has 0 amide bonds. The number of carbonyl (C=O) groups is 1. The summed E-state index contributed by atoms with van der Waals surface area (Å²) in [6.07, 6.45) is 11.6. The lowest BCUT2D eigenvalue weighted by Crippen LogP contribution is -2.28. The Morgan fingerprint density at radius 2 is 2.00 bits per heavy atom. The minimum absolute atomic E-state index is 0.465. The first kappa shape index (κ1) is 10.6. The molecule has 0 radical (unpaired) electrons. The van der Waals surface area contributed by atoms with Crippen molar-refractivity contribution in [3.8, 4) is 24.7 Å². The third-order valence-corrected chi connectivity index (χ3v) is 1.65. The summed E-state index contributed by atoms with van der Waals surface area (Å²) in [5.41, 5.74) is -1.16. The first-order chi connectivity index (χ1) is 5.66. The molecule has 64 valence electrons. The number of hydrogen-bond donors (Lipinski definition) is 0. The Morgan fingerprint density at radius 3 is 2.25 bits per heavy atom. The monoisotopic (exact) mass is 164 g/mol. The van der Waals surface area contributed by atoms with Crippen LogP contribution in [0.15, 0.2) is 0 Å². The van der Waals surface area contributed by atoms with Crippen molar-refractivity contribution in [1.29, 1.82) is 0 Å². The summed E-state index contributed by atoms with van der Waals surface area (Å²) >= 11 is 0. The van der Waals surface area contributed by atoms with Crippen LogP contribution in [0.1, 0.15) is 19.8 Å². The third kappa shape index (κ3) is 1.80. The molecule has 2 nitrogen and oxygen atoms in total. The number of rotatable bonds is 3. The normalized spacial score (nSPS) is 9.67. The van der Waals surface area contributed by atoms with Gasteiger partial charge in [0.1, 0.15) is 0 Å². The Bertz CT molecular complexity index is 226. The predicted octanol–water partition coefficient (Wildman–Crippen LogP) is 1.21. The first-order valence-corrected chi connectivity index (χ1v) is 3.70. The van der Waals surface area contributed by atoms with Crippen LogP contribution in [0.3, 0.4) is 0 Å². The van der Waals surface area contributed by atoms with Crippen molar-refractivity contribution in [1.82, 2.24) is 0 Å². The standard InChI is InChI=1S/C10H12O2/c1-5-8-10(6-2,7-3)9(11)12-4/h2-3H,5,8H2,1,4H3. The van der Waals surface area contributed by atoms with Crippen molar-refractivity contribution in [3.63, 3.8) is 0 Å². The fourth-order valence-electron chi connectivity index (χ4n) is 0.955. The zero-order valence-corrected chi connectivity index (χ0v) is 7.39. The fraction of sp³-hybridized carbons (Fsp3) is 0.500. The Morgan fingerprint density at radius 1 is 1.50 bits per heavy atom. The average Bonchev–Trinajstić information content (AvgIpc) is 2.13. The highest BCUT2D eigenvalue weighted by Crippen LogP contribution is 2.23. The van der Waals surface area contributed by atoms with Crippen LogP contribution in [0.4, 0.5) is 0 Å². The molecule has 0 saturated heterocycles. The molecule has 0 atom stereocenters. The van der Waals surface area contributed by atoms with Crippen LogP contribution >= 0.6 is 0 Å². The van der Waals surface area contributed by atoms with E-state index in [1.807, 2.05) is 6.92 Å². The second kappa shape index (κ2) is 4.46. The fourth-order valence-corrected chi connectivity index (χ4v) is 0.955. The van der Waals surface area contributed by atoms with Crippen molar-refractivity contribution in [3.05, 3.63) is 0 Å². The van der Waals surface area contributed by atoms with Crippen LogP contribution in [-0.2, 0) is 9.53 Å². The van der Waals surface area contributed by atoms with Gasteiger partial charge in [0, 0.05) is 0 Å². The molecule has 0 spiro atoms. The van der Waals surface area contributed by atoms with E-state index in [9.17, 15) is 4.79 Å². The highest BCUT2D eigenvalue weighted by molar-refractivity contribution is 5.84. The Kier molecular flexibility index (Phi) is 3.94. The van der Waals surface area contributed by atoms with Gasteiger partial charge in [-0.05, 0) is 6.42 Å². The Hall–Kier alpha value is -1.41. The second-order valence-electron chi connectivity index (χ2n) is 2.44. The molecule has 0 aliphatic heterocycles. The lowest BCUT2D eigenvalue weighted by molar-refractivity contribution is -0.146. The van der Waals surface area contributed by atoms with Crippen molar-refractivity contribution in [2.75, 3.05) is 7.11 Å². The minimum Gasteiger partial charge on any atom is -0.467 e. The maximum absolute atomic E-state index is 11.2. The number of carbonyl (C=O) groups excluding carboxylic acids is 1. The van der Waals surface area contributed by atoms with Crippen molar-refractivity contribution < 1.29 is 9.53 Å². The summed E-state index contributed by atoms with van der Waals surface area (Å²) in [5, 5.41) is 0. The van der Waals surface area contributed by atoms with Gasteiger partial charge in [0.25, 0.3) is 0 Å². The van der Waals surface area contributed by atoms with Gasteiger partial charge in [-0.15, -0.1) is 12.8 Å². The summed E-state index contributed by atoms with van der Waals surface area (Å²) < 4.78 is 4.53. The first-order valence-electron chi connectivity index (χ1n) is 3.70. The van der Waals surface area contributed by atoms with Crippen LogP contribution in [0.5, 0.6) is 0 Å². The summed E-state index contributed by atoms with van der Waals surface area (Å²) in [5.74, 6) is 4.09.